The maximum absolute atomic E-state index is 13.4. The Hall–Kier alpha value is -3.05. The number of fused-ring (bicyclic) bond motifs is 1. The molecule has 2 unspecified atom stereocenters. The van der Waals surface area contributed by atoms with Crippen LogP contribution >= 0.6 is 22.9 Å². The van der Waals surface area contributed by atoms with Gasteiger partial charge in [-0.3, -0.25) is 9.59 Å². The number of thiophene rings is 1. The van der Waals surface area contributed by atoms with E-state index in [4.69, 9.17) is 11.6 Å². The smallest absolute Gasteiger partial charge is 0.272 e. The molecule has 1 aliphatic rings. The number of aliphatic imine (C=N–C) groups is 1. The van der Waals surface area contributed by atoms with E-state index in [0.29, 0.717) is 15.7 Å². The van der Waals surface area contributed by atoms with Gasteiger partial charge in [0.05, 0.1) is 15.7 Å². The fourth-order valence-corrected chi connectivity index (χ4v) is 6.75. The highest BCUT2D eigenvalue weighted by molar-refractivity contribution is 7.91. The summed E-state index contributed by atoms with van der Waals surface area (Å²) in [6.45, 7) is 3.76. The van der Waals surface area contributed by atoms with Crippen LogP contribution in [0.4, 0.5) is 5.69 Å². The number of carbonyl (C=O) groups is 2. The summed E-state index contributed by atoms with van der Waals surface area (Å²) in [7, 11) is -2.38. The summed E-state index contributed by atoms with van der Waals surface area (Å²) in [5.74, 6) is -1.10. The van der Waals surface area contributed by atoms with E-state index in [1.54, 1.807) is 7.05 Å². The molecule has 0 saturated carbocycles. The summed E-state index contributed by atoms with van der Waals surface area (Å²) in [6.07, 6.45) is -1.04. The largest absolute Gasteiger partial charge is 0.325 e. The van der Waals surface area contributed by atoms with E-state index in [0.717, 1.165) is 22.5 Å². The minimum atomic E-state index is -4.01. The minimum absolute atomic E-state index is 0.00386. The molecule has 1 aromatic heterocycles. The number of anilines is 1. The molecule has 2 N–H and O–H groups in total. The fourth-order valence-electron chi connectivity index (χ4n) is 4.05. The standard InChI is InChI=1S/C26H27ClN4O4S2/c1-16(2)15-19(30-37(34,35)22-14-13-21(27)36-22)25(32)29-24-26(33)31(3)20-12-8-7-11-18(20)23(28-24)17-9-5-4-6-10-17/h4-14,16,19,24,30H,15H2,1-3H3,(H,29,32). The van der Waals surface area contributed by atoms with Crippen LogP contribution in [0.3, 0.4) is 0 Å². The zero-order valence-corrected chi connectivity index (χ0v) is 22.9. The van der Waals surface area contributed by atoms with Gasteiger partial charge in [0.2, 0.25) is 12.1 Å². The van der Waals surface area contributed by atoms with Crippen LogP contribution in [-0.4, -0.2) is 45.2 Å². The van der Waals surface area contributed by atoms with Crippen molar-refractivity contribution in [3.8, 4) is 0 Å². The first kappa shape index (κ1) is 27.0. The summed E-state index contributed by atoms with van der Waals surface area (Å²) >= 11 is 6.81. The molecular formula is C26H27ClN4O4S2. The van der Waals surface area contributed by atoms with Crippen LogP contribution < -0.4 is 14.9 Å². The number of sulfonamides is 1. The van der Waals surface area contributed by atoms with E-state index >= 15 is 0 Å². The molecule has 2 amide bonds. The van der Waals surface area contributed by atoms with Gasteiger partial charge < -0.3 is 10.2 Å². The Labute approximate surface area is 225 Å². The number of para-hydroxylation sites is 1. The van der Waals surface area contributed by atoms with E-state index in [1.165, 1.54) is 17.0 Å². The Balaban J connectivity index is 1.68. The number of likely N-dealkylation sites (N-methyl/N-ethyl adjacent to an activating group) is 1. The van der Waals surface area contributed by atoms with Crippen LogP contribution in [0.2, 0.25) is 4.34 Å². The summed E-state index contributed by atoms with van der Waals surface area (Å²) < 4.78 is 28.7. The van der Waals surface area contributed by atoms with E-state index in [-0.39, 0.29) is 16.5 Å². The molecular weight excluding hydrogens is 532 g/mol. The second-order valence-corrected chi connectivity index (χ2v) is 12.7. The lowest BCUT2D eigenvalue weighted by atomic mass is 10.0. The predicted octanol–water partition coefficient (Wildman–Crippen LogP) is 4.05. The highest BCUT2D eigenvalue weighted by Gasteiger charge is 2.34. The molecule has 2 atom stereocenters. The van der Waals surface area contributed by atoms with E-state index in [2.05, 4.69) is 15.0 Å². The third-order valence-corrected chi connectivity index (χ3v) is 9.00. The van der Waals surface area contributed by atoms with Crippen molar-refractivity contribution < 1.29 is 18.0 Å². The Morgan fingerprint density at radius 1 is 1.08 bits per heavy atom. The second kappa shape index (κ2) is 11.1. The van der Waals surface area contributed by atoms with Gasteiger partial charge in [-0.05, 0) is 30.5 Å². The second-order valence-electron chi connectivity index (χ2n) is 9.03. The first-order chi connectivity index (χ1) is 17.6. The van der Waals surface area contributed by atoms with Gasteiger partial charge in [0, 0.05) is 18.2 Å². The van der Waals surface area contributed by atoms with Crippen LogP contribution in [0.5, 0.6) is 0 Å². The summed E-state index contributed by atoms with van der Waals surface area (Å²) in [4.78, 5) is 33.0. The molecule has 0 bridgehead atoms. The number of rotatable bonds is 8. The normalized spacial score (nSPS) is 16.7. The number of hydrogen-bond donors (Lipinski definition) is 2. The molecule has 0 fully saturated rings. The van der Waals surface area contributed by atoms with Gasteiger partial charge in [-0.2, -0.15) is 4.72 Å². The van der Waals surface area contributed by atoms with Gasteiger partial charge in [0.15, 0.2) is 0 Å². The van der Waals surface area contributed by atoms with Crippen molar-refractivity contribution in [2.45, 2.75) is 36.7 Å². The molecule has 2 heterocycles. The summed E-state index contributed by atoms with van der Waals surface area (Å²) in [6, 6.07) is 18.5. The molecule has 0 spiro atoms. The van der Waals surface area contributed by atoms with Crippen LogP contribution in [0.25, 0.3) is 0 Å². The maximum Gasteiger partial charge on any atom is 0.272 e. The molecule has 2 aromatic carbocycles. The molecule has 11 heteroatoms. The molecule has 4 rings (SSSR count). The van der Waals surface area contributed by atoms with Gasteiger partial charge in [-0.25, -0.2) is 13.4 Å². The van der Waals surface area contributed by atoms with Crippen molar-refractivity contribution in [3.05, 3.63) is 82.2 Å². The number of nitrogens with zero attached hydrogens (tertiary/aromatic N) is 2. The zero-order valence-electron chi connectivity index (χ0n) is 20.5. The highest BCUT2D eigenvalue weighted by Crippen LogP contribution is 2.28. The lowest BCUT2D eigenvalue weighted by Crippen LogP contribution is -2.53. The van der Waals surface area contributed by atoms with Crippen LogP contribution in [0.15, 0.2) is 75.9 Å². The van der Waals surface area contributed by atoms with Gasteiger partial charge in [-0.15, -0.1) is 11.3 Å². The van der Waals surface area contributed by atoms with Crippen LogP contribution in [0.1, 0.15) is 31.4 Å². The first-order valence-corrected chi connectivity index (χ1v) is 14.3. The van der Waals surface area contributed by atoms with Crippen molar-refractivity contribution >= 4 is 56.2 Å². The molecule has 0 radical (unpaired) electrons. The van der Waals surface area contributed by atoms with Crippen molar-refractivity contribution in [3.63, 3.8) is 0 Å². The maximum atomic E-state index is 13.4. The Bertz CT molecular complexity index is 1440. The van der Waals surface area contributed by atoms with Crippen molar-refractivity contribution in [2.24, 2.45) is 10.9 Å². The molecule has 37 heavy (non-hydrogen) atoms. The monoisotopic (exact) mass is 558 g/mol. The lowest BCUT2D eigenvalue weighted by Gasteiger charge is -2.24. The Morgan fingerprint density at radius 2 is 1.76 bits per heavy atom. The lowest BCUT2D eigenvalue weighted by molar-refractivity contribution is -0.128. The Kier molecular flexibility index (Phi) is 8.13. The molecule has 0 aliphatic carbocycles. The average molecular weight is 559 g/mol. The predicted molar refractivity (Wildman–Crippen MR) is 147 cm³/mol. The number of nitrogens with one attached hydrogen (secondary N) is 2. The first-order valence-electron chi connectivity index (χ1n) is 11.6. The van der Waals surface area contributed by atoms with E-state index in [1.807, 2.05) is 68.4 Å². The van der Waals surface area contributed by atoms with Gasteiger partial charge >= 0.3 is 0 Å². The third kappa shape index (κ3) is 6.10. The van der Waals surface area contributed by atoms with Crippen molar-refractivity contribution in [1.29, 1.82) is 0 Å². The summed E-state index contributed by atoms with van der Waals surface area (Å²) in [5, 5.41) is 2.69. The molecule has 194 valence electrons. The average Bonchev–Trinajstić information content (AvgIpc) is 3.29. The van der Waals surface area contributed by atoms with E-state index in [9.17, 15) is 18.0 Å². The minimum Gasteiger partial charge on any atom is -0.325 e. The van der Waals surface area contributed by atoms with E-state index < -0.39 is 34.0 Å². The third-order valence-electron chi connectivity index (χ3n) is 5.80. The number of benzodiazepines with no additional fused rings is 1. The highest BCUT2D eigenvalue weighted by atomic mass is 35.5. The SMILES string of the molecule is CC(C)CC(NS(=O)(=O)c1ccc(Cl)s1)C(=O)NC1N=C(c2ccccc2)c2ccccc2N(C)C1=O. The number of hydrogen-bond acceptors (Lipinski definition) is 6. The van der Waals surface area contributed by atoms with Gasteiger partial charge in [0.1, 0.15) is 10.3 Å². The topological polar surface area (TPSA) is 108 Å². The Morgan fingerprint density at radius 3 is 2.41 bits per heavy atom. The molecule has 1 aliphatic heterocycles. The molecule has 3 aromatic rings. The van der Waals surface area contributed by atoms with Gasteiger partial charge in [0.25, 0.3) is 15.9 Å². The summed E-state index contributed by atoms with van der Waals surface area (Å²) in [5.41, 5.74) is 2.73. The number of benzene rings is 2. The zero-order chi connectivity index (χ0) is 26.7. The van der Waals surface area contributed by atoms with Crippen LogP contribution in [-0.2, 0) is 19.6 Å². The molecule has 0 saturated heterocycles. The number of amides is 2. The van der Waals surface area contributed by atoms with Crippen molar-refractivity contribution in [2.75, 3.05) is 11.9 Å². The molecule has 8 nitrogen and oxygen atoms in total. The number of halogens is 1. The quantitative estimate of drug-likeness (QED) is 0.435. The number of carbonyl (C=O) groups excluding carboxylic acids is 2. The van der Waals surface area contributed by atoms with Crippen LogP contribution in [0, 0.1) is 5.92 Å². The fraction of sp³-hybridized carbons (Fsp3) is 0.269. The van der Waals surface area contributed by atoms with Crippen molar-refractivity contribution in [1.82, 2.24) is 10.0 Å². The van der Waals surface area contributed by atoms with Gasteiger partial charge in [-0.1, -0.05) is 74.0 Å².